The van der Waals surface area contributed by atoms with Crippen molar-refractivity contribution < 1.29 is 65.9 Å². The van der Waals surface area contributed by atoms with E-state index in [-0.39, 0.29) is 67.1 Å². The quantitative estimate of drug-likeness (QED) is 0.112. The summed E-state index contributed by atoms with van der Waals surface area (Å²) in [4.78, 5) is 3.68. The smallest absolute Gasteiger partial charge is 0.310 e. The van der Waals surface area contributed by atoms with Gasteiger partial charge in [-0.05, 0) is 193 Å². The molecule has 0 aliphatic rings. The standard InChI is InChI=1S/C70H42F15N3/c1-36-6-16-50(58(26-36)69(80,81)82)42-10-23-61-55(32-42)53-30-40(48-18-12-44(28-38(48)3)66(71,72)73)8-21-60(53)87(61)64-25-14-46(68(77,78)79)34-57(64)52-20-15-47(86-5)35-65(52)88-62-22-9-41(49-19-13-45(29-39(49)4)67(74,75)76)31-54(62)56-33-43(11-24-63(56)88)51-17-7-37(2)27-59(51)70(83,84)85/h6-35H,1-4H3. The number of halogens is 15. The van der Waals surface area contributed by atoms with Crippen molar-refractivity contribution in [3.8, 4) is 67.0 Å². The maximum Gasteiger partial charge on any atom is 0.417 e. The summed E-state index contributed by atoms with van der Waals surface area (Å²) in [5.41, 5.74) is -0.819. The summed E-state index contributed by atoms with van der Waals surface area (Å²) in [6, 6.07) is 40.1. The Morgan fingerprint density at radius 3 is 1.00 bits per heavy atom. The highest BCUT2D eigenvalue weighted by Crippen LogP contribution is 2.49. The Balaban J connectivity index is 1.15. The first-order valence-electron chi connectivity index (χ1n) is 27.0. The number of fused-ring (bicyclic) bond motifs is 6. The topological polar surface area (TPSA) is 14.2 Å². The fourth-order valence-electron chi connectivity index (χ4n) is 12.0. The predicted molar refractivity (Wildman–Crippen MR) is 313 cm³/mol. The van der Waals surface area contributed by atoms with Crippen molar-refractivity contribution in [2.24, 2.45) is 0 Å². The van der Waals surface area contributed by atoms with Gasteiger partial charge in [0.2, 0.25) is 0 Å². The Kier molecular flexibility index (Phi) is 13.8. The van der Waals surface area contributed by atoms with Gasteiger partial charge in [0.1, 0.15) is 0 Å². The second kappa shape index (κ2) is 20.7. The van der Waals surface area contributed by atoms with Crippen molar-refractivity contribution in [3.63, 3.8) is 0 Å². The largest absolute Gasteiger partial charge is 0.417 e. The van der Waals surface area contributed by atoms with Gasteiger partial charge in [0.25, 0.3) is 0 Å². The van der Waals surface area contributed by atoms with Gasteiger partial charge in [0.15, 0.2) is 5.69 Å². The minimum absolute atomic E-state index is 0.00943. The Morgan fingerprint density at radius 1 is 0.295 bits per heavy atom. The highest BCUT2D eigenvalue weighted by molar-refractivity contribution is 6.14. The Bertz CT molecular complexity index is 4900. The summed E-state index contributed by atoms with van der Waals surface area (Å²) in [5.74, 6) is 0. The van der Waals surface area contributed by atoms with Crippen LogP contribution in [0, 0.1) is 34.3 Å². The van der Waals surface area contributed by atoms with Crippen molar-refractivity contribution >= 4 is 49.3 Å². The molecule has 0 unspecified atom stereocenters. The summed E-state index contributed by atoms with van der Waals surface area (Å²) in [6.45, 7) is 14.2. The van der Waals surface area contributed by atoms with E-state index in [0.29, 0.717) is 71.5 Å². The molecule has 3 nitrogen and oxygen atoms in total. The number of rotatable bonds is 7. The number of hydrogen-bond donors (Lipinski definition) is 0. The Morgan fingerprint density at radius 2 is 0.636 bits per heavy atom. The first kappa shape index (κ1) is 58.6. The number of benzene rings is 10. The number of aromatic nitrogens is 2. The Labute approximate surface area is 491 Å². The molecule has 0 saturated heterocycles. The molecule has 0 aliphatic heterocycles. The third-order valence-electron chi connectivity index (χ3n) is 16.0. The van der Waals surface area contributed by atoms with Gasteiger partial charge in [-0.2, -0.15) is 65.9 Å². The van der Waals surface area contributed by atoms with Crippen LogP contribution in [0.1, 0.15) is 50.1 Å². The van der Waals surface area contributed by atoms with E-state index in [1.54, 1.807) is 45.5 Å². The molecule has 442 valence electrons. The van der Waals surface area contributed by atoms with E-state index < -0.39 is 58.7 Å². The molecule has 12 rings (SSSR count). The van der Waals surface area contributed by atoms with Crippen molar-refractivity contribution in [2.45, 2.75) is 58.6 Å². The average molecular weight is 1210 g/mol. The van der Waals surface area contributed by atoms with Crippen LogP contribution in [0.25, 0.3) is 115 Å². The van der Waals surface area contributed by atoms with Crippen molar-refractivity contribution in [2.75, 3.05) is 0 Å². The van der Waals surface area contributed by atoms with E-state index in [2.05, 4.69) is 4.85 Å². The fraction of sp³-hybridized carbons (Fsp3) is 0.129. The lowest BCUT2D eigenvalue weighted by molar-refractivity contribution is -0.138. The lowest BCUT2D eigenvalue weighted by Gasteiger charge is -2.21. The van der Waals surface area contributed by atoms with Gasteiger partial charge in [0, 0.05) is 38.4 Å². The van der Waals surface area contributed by atoms with E-state index in [9.17, 15) is 52.7 Å². The molecule has 0 amide bonds. The van der Waals surface area contributed by atoms with Crippen LogP contribution >= 0.6 is 0 Å². The zero-order chi connectivity index (χ0) is 62.9. The molecule has 12 aromatic rings. The molecule has 88 heavy (non-hydrogen) atoms. The zero-order valence-corrected chi connectivity index (χ0v) is 46.3. The van der Waals surface area contributed by atoms with Crippen molar-refractivity contribution in [3.05, 3.63) is 243 Å². The van der Waals surface area contributed by atoms with Gasteiger partial charge in [0.05, 0.1) is 62.1 Å². The molecule has 2 heterocycles. The van der Waals surface area contributed by atoms with Crippen molar-refractivity contribution in [1.29, 1.82) is 0 Å². The van der Waals surface area contributed by atoms with E-state index in [1.807, 2.05) is 0 Å². The highest BCUT2D eigenvalue weighted by Gasteiger charge is 2.37. The lowest BCUT2D eigenvalue weighted by Crippen LogP contribution is -2.08. The van der Waals surface area contributed by atoms with E-state index >= 15 is 13.2 Å². The third kappa shape index (κ3) is 10.3. The van der Waals surface area contributed by atoms with Gasteiger partial charge >= 0.3 is 30.9 Å². The van der Waals surface area contributed by atoms with Crippen molar-refractivity contribution in [1.82, 2.24) is 9.13 Å². The van der Waals surface area contributed by atoms with Gasteiger partial charge < -0.3 is 9.13 Å². The summed E-state index contributed by atoms with van der Waals surface area (Å²) in [6.07, 6.45) is -23.9. The SMILES string of the molecule is [C-]#[N+]c1ccc(-c2cc(C(F)(F)F)ccc2-n2c3ccc(-c4ccc(C(F)(F)F)cc4C)cc3c3cc(-c4ccc(C)cc4C(F)(F)F)ccc32)c(-n2c3ccc(-c4ccc(C(F)(F)F)cc4C)cc3c3cc(-c4ccc(C)cc4C(F)(F)F)ccc32)c1. The minimum atomic E-state index is -4.97. The van der Waals surface area contributed by atoms with Crippen LogP contribution in [0.5, 0.6) is 0 Å². The number of hydrogen-bond acceptors (Lipinski definition) is 0. The van der Waals surface area contributed by atoms with Crippen LogP contribution < -0.4 is 0 Å². The Hall–Kier alpha value is -9.76. The van der Waals surface area contributed by atoms with Gasteiger partial charge in [-0.3, -0.25) is 0 Å². The number of nitrogens with zero attached hydrogens (tertiary/aromatic N) is 3. The first-order valence-corrected chi connectivity index (χ1v) is 27.0. The molecule has 0 aliphatic carbocycles. The van der Waals surface area contributed by atoms with Crippen LogP contribution in [0.3, 0.4) is 0 Å². The van der Waals surface area contributed by atoms with Gasteiger partial charge in [-0.1, -0.05) is 83.9 Å². The molecule has 0 fully saturated rings. The molecule has 0 atom stereocenters. The summed E-state index contributed by atoms with van der Waals surface area (Å²) in [7, 11) is 0. The van der Waals surface area contributed by atoms with Gasteiger partial charge in [-0.15, -0.1) is 0 Å². The molecule has 2 aromatic heterocycles. The van der Waals surface area contributed by atoms with Crippen LogP contribution in [0.4, 0.5) is 71.5 Å². The van der Waals surface area contributed by atoms with Gasteiger partial charge in [-0.25, -0.2) is 4.85 Å². The molecule has 0 N–H and O–H groups in total. The third-order valence-corrected chi connectivity index (χ3v) is 16.0. The predicted octanol–water partition coefficient (Wildman–Crippen LogP) is 23.1. The van der Waals surface area contributed by atoms with E-state index in [0.717, 1.165) is 48.5 Å². The first-order chi connectivity index (χ1) is 41.4. The number of alkyl halides is 15. The molecular weight excluding hydrogens is 1170 g/mol. The highest BCUT2D eigenvalue weighted by atomic mass is 19.4. The average Bonchev–Trinajstić information content (AvgIpc) is 1.58. The fourth-order valence-corrected chi connectivity index (χ4v) is 12.0. The van der Waals surface area contributed by atoms with E-state index in [1.165, 1.54) is 125 Å². The summed E-state index contributed by atoms with van der Waals surface area (Å²) in [5, 5.41) is 1.33. The molecule has 0 saturated carbocycles. The molecular formula is C70H42F15N3. The maximum atomic E-state index is 15.3. The maximum absolute atomic E-state index is 15.3. The lowest BCUT2D eigenvalue weighted by atomic mass is 9.95. The second-order valence-corrected chi connectivity index (χ2v) is 21.8. The molecule has 18 heteroatoms. The van der Waals surface area contributed by atoms with Crippen LogP contribution in [-0.2, 0) is 30.9 Å². The zero-order valence-electron chi connectivity index (χ0n) is 46.3. The monoisotopic (exact) mass is 1210 g/mol. The number of aryl methyl sites for hydroxylation is 4. The van der Waals surface area contributed by atoms with Crippen LogP contribution in [0.2, 0.25) is 0 Å². The van der Waals surface area contributed by atoms with E-state index in [4.69, 9.17) is 6.57 Å². The summed E-state index contributed by atoms with van der Waals surface area (Å²) < 4.78 is 222. The molecule has 0 spiro atoms. The molecule has 0 bridgehead atoms. The normalized spacial score (nSPS) is 12.7. The van der Waals surface area contributed by atoms with Crippen LogP contribution in [-0.4, -0.2) is 9.13 Å². The molecule has 0 radical (unpaired) electrons. The van der Waals surface area contributed by atoms with Crippen LogP contribution in [0.15, 0.2) is 182 Å². The second-order valence-electron chi connectivity index (χ2n) is 21.8. The molecule has 10 aromatic carbocycles. The minimum Gasteiger partial charge on any atom is -0.310 e. The summed E-state index contributed by atoms with van der Waals surface area (Å²) >= 11 is 0.